The van der Waals surface area contributed by atoms with Crippen molar-refractivity contribution in [3.8, 4) is 0 Å². The fourth-order valence-corrected chi connectivity index (χ4v) is 1.76. The maximum atomic E-state index is 13.7. The van der Waals surface area contributed by atoms with Crippen LogP contribution in [0.1, 0.15) is 13.3 Å². The molecule has 0 fully saturated rings. The zero-order chi connectivity index (χ0) is 14.5. The smallest absolute Gasteiger partial charge is 0.223 e. The molecule has 5 nitrogen and oxygen atoms in total. The molecule has 0 saturated heterocycles. The molecule has 1 aromatic carbocycles. The van der Waals surface area contributed by atoms with Crippen molar-refractivity contribution >= 4 is 34.9 Å². The molecular weight excluding hydrogens is 281 g/mol. The first-order valence-corrected chi connectivity index (χ1v) is 6.57. The van der Waals surface area contributed by atoms with Gasteiger partial charge in [-0.05, 0) is 24.6 Å². The van der Waals surface area contributed by atoms with Gasteiger partial charge in [0, 0.05) is 17.6 Å². The minimum absolute atomic E-state index is 0.114. The predicted molar refractivity (Wildman–Crippen MR) is 79.9 cm³/mol. The maximum absolute atomic E-state index is 13.7. The van der Waals surface area contributed by atoms with Gasteiger partial charge in [0.05, 0.1) is 5.69 Å². The van der Waals surface area contributed by atoms with Gasteiger partial charge in [-0.3, -0.25) is 0 Å². The van der Waals surface area contributed by atoms with Crippen molar-refractivity contribution in [2.24, 2.45) is 0 Å². The van der Waals surface area contributed by atoms with E-state index in [1.165, 1.54) is 12.1 Å². The molecule has 0 aliphatic rings. The van der Waals surface area contributed by atoms with Crippen molar-refractivity contribution in [2.45, 2.75) is 13.3 Å². The van der Waals surface area contributed by atoms with Gasteiger partial charge in [-0.1, -0.05) is 18.5 Å². The van der Waals surface area contributed by atoms with E-state index in [1.54, 1.807) is 12.1 Å². The molecule has 0 aliphatic carbocycles. The third-order valence-electron chi connectivity index (χ3n) is 2.49. The van der Waals surface area contributed by atoms with Crippen molar-refractivity contribution < 1.29 is 4.39 Å². The SMILES string of the molecule is CCCNc1cc(Nc2ccc(Cl)cc2F)nc(N)n1. The van der Waals surface area contributed by atoms with Crippen LogP contribution in [0.25, 0.3) is 0 Å². The number of aromatic nitrogens is 2. The maximum Gasteiger partial charge on any atom is 0.223 e. The van der Waals surface area contributed by atoms with E-state index in [0.717, 1.165) is 13.0 Å². The van der Waals surface area contributed by atoms with E-state index >= 15 is 0 Å². The first-order valence-electron chi connectivity index (χ1n) is 6.19. The van der Waals surface area contributed by atoms with Gasteiger partial charge < -0.3 is 16.4 Å². The van der Waals surface area contributed by atoms with E-state index in [2.05, 4.69) is 20.6 Å². The van der Waals surface area contributed by atoms with Gasteiger partial charge in [0.2, 0.25) is 5.95 Å². The molecule has 0 saturated carbocycles. The van der Waals surface area contributed by atoms with E-state index in [-0.39, 0.29) is 11.6 Å². The van der Waals surface area contributed by atoms with E-state index in [4.69, 9.17) is 17.3 Å². The lowest BCUT2D eigenvalue weighted by atomic mass is 10.3. The molecule has 1 heterocycles. The molecule has 0 aliphatic heterocycles. The standard InChI is InChI=1S/C13H15ClFN5/c1-2-5-17-11-7-12(20-13(16)19-11)18-10-4-3-8(14)6-9(10)15/h3-4,6-7H,2,5H2,1H3,(H4,16,17,18,19,20). The second-order valence-electron chi connectivity index (χ2n) is 4.17. The number of halogens is 2. The number of nitrogens with one attached hydrogen (secondary N) is 2. The summed E-state index contributed by atoms with van der Waals surface area (Å²) in [6, 6.07) is 6.02. The van der Waals surface area contributed by atoms with Crippen LogP contribution in [0.3, 0.4) is 0 Å². The Morgan fingerprint density at radius 2 is 2.00 bits per heavy atom. The average Bonchev–Trinajstić information content (AvgIpc) is 2.39. The fraction of sp³-hybridized carbons (Fsp3) is 0.231. The van der Waals surface area contributed by atoms with Crippen LogP contribution in [0.15, 0.2) is 24.3 Å². The van der Waals surface area contributed by atoms with Crippen molar-refractivity contribution in [1.29, 1.82) is 0 Å². The third kappa shape index (κ3) is 3.71. The van der Waals surface area contributed by atoms with Crippen LogP contribution in [0, 0.1) is 5.82 Å². The summed E-state index contributed by atoms with van der Waals surface area (Å²) in [6.45, 7) is 2.81. The number of rotatable bonds is 5. The summed E-state index contributed by atoms with van der Waals surface area (Å²) in [7, 11) is 0. The summed E-state index contributed by atoms with van der Waals surface area (Å²) in [5, 5.41) is 6.29. The Balaban J connectivity index is 2.21. The number of anilines is 4. The normalized spacial score (nSPS) is 10.3. The molecule has 0 radical (unpaired) electrons. The molecule has 0 atom stereocenters. The van der Waals surface area contributed by atoms with Crippen molar-refractivity contribution in [1.82, 2.24) is 9.97 Å². The predicted octanol–water partition coefficient (Wildman–Crippen LogP) is 3.42. The van der Waals surface area contributed by atoms with Gasteiger partial charge in [0.15, 0.2) is 0 Å². The summed E-state index contributed by atoms with van der Waals surface area (Å²) in [4.78, 5) is 8.07. The number of nitrogen functional groups attached to an aromatic ring is 1. The van der Waals surface area contributed by atoms with Gasteiger partial charge in [-0.2, -0.15) is 9.97 Å². The van der Waals surface area contributed by atoms with E-state index in [9.17, 15) is 4.39 Å². The van der Waals surface area contributed by atoms with Gasteiger partial charge >= 0.3 is 0 Å². The Morgan fingerprint density at radius 3 is 2.70 bits per heavy atom. The molecule has 1 aromatic heterocycles. The van der Waals surface area contributed by atoms with Gasteiger partial charge in [0.1, 0.15) is 17.5 Å². The van der Waals surface area contributed by atoms with E-state index in [1.807, 2.05) is 6.92 Å². The lowest BCUT2D eigenvalue weighted by molar-refractivity contribution is 0.632. The highest BCUT2D eigenvalue weighted by Crippen LogP contribution is 2.23. The van der Waals surface area contributed by atoms with Gasteiger partial charge in [0.25, 0.3) is 0 Å². The molecule has 0 spiro atoms. The van der Waals surface area contributed by atoms with Crippen LogP contribution in [0.2, 0.25) is 5.02 Å². The minimum Gasteiger partial charge on any atom is -0.370 e. The molecule has 106 valence electrons. The van der Waals surface area contributed by atoms with E-state index in [0.29, 0.717) is 16.7 Å². The number of hydrogen-bond acceptors (Lipinski definition) is 5. The second-order valence-corrected chi connectivity index (χ2v) is 4.61. The molecule has 2 aromatic rings. The molecule has 2 rings (SSSR count). The van der Waals surface area contributed by atoms with Gasteiger partial charge in [-0.15, -0.1) is 0 Å². The molecular formula is C13H15ClFN5. The Kier molecular flexibility index (Phi) is 4.57. The minimum atomic E-state index is -0.460. The van der Waals surface area contributed by atoms with Crippen molar-refractivity contribution in [3.05, 3.63) is 35.1 Å². The number of nitrogens with zero attached hydrogens (tertiary/aromatic N) is 2. The first-order chi connectivity index (χ1) is 9.58. The Labute approximate surface area is 121 Å². The number of nitrogens with two attached hydrogens (primary N) is 1. The lowest BCUT2D eigenvalue weighted by Crippen LogP contribution is -2.07. The Morgan fingerprint density at radius 1 is 1.25 bits per heavy atom. The summed E-state index contributed by atoms with van der Waals surface area (Å²) >= 11 is 5.70. The van der Waals surface area contributed by atoms with Crippen LogP contribution in [0.4, 0.5) is 27.7 Å². The Hall–Kier alpha value is -2.08. The molecule has 7 heteroatoms. The number of hydrogen-bond donors (Lipinski definition) is 3. The van der Waals surface area contributed by atoms with Gasteiger partial charge in [-0.25, -0.2) is 4.39 Å². The average molecular weight is 296 g/mol. The number of benzene rings is 1. The third-order valence-corrected chi connectivity index (χ3v) is 2.73. The highest BCUT2D eigenvalue weighted by molar-refractivity contribution is 6.30. The van der Waals surface area contributed by atoms with Crippen molar-refractivity contribution in [3.63, 3.8) is 0 Å². The van der Waals surface area contributed by atoms with Crippen LogP contribution in [-0.4, -0.2) is 16.5 Å². The topological polar surface area (TPSA) is 75.9 Å². The zero-order valence-corrected chi connectivity index (χ0v) is 11.7. The zero-order valence-electron chi connectivity index (χ0n) is 11.0. The lowest BCUT2D eigenvalue weighted by Gasteiger charge is -2.10. The summed E-state index contributed by atoms with van der Waals surface area (Å²) in [5.41, 5.74) is 5.90. The Bertz CT molecular complexity index is 605. The monoisotopic (exact) mass is 295 g/mol. The summed E-state index contributed by atoms with van der Waals surface area (Å²) in [6.07, 6.45) is 0.957. The molecule has 20 heavy (non-hydrogen) atoms. The summed E-state index contributed by atoms with van der Waals surface area (Å²) in [5.74, 6) is 0.661. The fourth-order valence-electron chi connectivity index (χ4n) is 1.60. The first kappa shape index (κ1) is 14.3. The molecule has 0 bridgehead atoms. The van der Waals surface area contributed by atoms with Crippen LogP contribution < -0.4 is 16.4 Å². The highest BCUT2D eigenvalue weighted by atomic mass is 35.5. The molecule has 4 N–H and O–H groups in total. The van der Waals surface area contributed by atoms with Crippen LogP contribution in [0.5, 0.6) is 0 Å². The summed E-state index contributed by atoms with van der Waals surface area (Å²) < 4.78 is 13.7. The highest BCUT2D eigenvalue weighted by Gasteiger charge is 2.06. The molecule has 0 amide bonds. The van der Waals surface area contributed by atoms with Crippen molar-refractivity contribution in [2.75, 3.05) is 22.9 Å². The van der Waals surface area contributed by atoms with Crippen LogP contribution in [-0.2, 0) is 0 Å². The van der Waals surface area contributed by atoms with E-state index < -0.39 is 5.82 Å². The quantitative estimate of drug-likeness (QED) is 0.788. The molecule has 0 unspecified atom stereocenters. The second kappa shape index (κ2) is 6.38. The van der Waals surface area contributed by atoms with Crippen LogP contribution >= 0.6 is 11.6 Å². The largest absolute Gasteiger partial charge is 0.370 e.